The molecule has 0 spiro atoms. The number of amides is 1. The second kappa shape index (κ2) is 6.11. The van der Waals surface area contributed by atoms with E-state index in [1.807, 2.05) is 13.8 Å². The summed E-state index contributed by atoms with van der Waals surface area (Å²) in [5.41, 5.74) is 12.6. The SMILES string of the molecule is CC(C)Oc1c(N2CCC(N)C2)sc(C(=O)N(C)C)c1N. The Morgan fingerprint density at radius 3 is 2.62 bits per heavy atom. The van der Waals surface area contributed by atoms with E-state index in [1.54, 1.807) is 14.1 Å². The minimum Gasteiger partial charge on any atom is -0.486 e. The molecule has 0 radical (unpaired) electrons. The number of rotatable bonds is 4. The number of carbonyl (C=O) groups excluding carboxylic acids is 1. The van der Waals surface area contributed by atoms with Gasteiger partial charge in [0.1, 0.15) is 15.6 Å². The first kappa shape index (κ1) is 15.9. The summed E-state index contributed by atoms with van der Waals surface area (Å²) in [6, 6.07) is 0.160. The number of nitrogens with two attached hydrogens (primary N) is 2. The zero-order chi connectivity index (χ0) is 15.7. The van der Waals surface area contributed by atoms with Gasteiger partial charge in [0.15, 0.2) is 5.75 Å². The summed E-state index contributed by atoms with van der Waals surface area (Å²) in [6.07, 6.45) is 0.940. The van der Waals surface area contributed by atoms with Gasteiger partial charge in [0.2, 0.25) is 0 Å². The predicted octanol–water partition coefficient (Wildman–Crippen LogP) is 1.36. The van der Waals surface area contributed by atoms with Crippen molar-refractivity contribution in [2.24, 2.45) is 5.73 Å². The van der Waals surface area contributed by atoms with Gasteiger partial charge in [-0.1, -0.05) is 0 Å². The van der Waals surface area contributed by atoms with Crippen molar-refractivity contribution in [3.8, 4) is 5.75 Å². The minimum absolute atomic E-state index is 0.000709. The van der Waals surface area contributed by atoms with Crippen LogP contribution in [0.2, 0.25) is 0 Å². The molecule has 1 atom stereocenters. The smallest absolute Gasteiger partial charge is 0.265 e. The molecule has 1 amide bonds. The second-order valence-electron chi connectivity index (χ2n) is 5.84. The molecule has 1 aliphatic rings. The third-order valence-corrected chi connectivity index (χ3v) is 4.58. The number of nitrogen functional groups attached to an aromatic ring is 1. The van der Waals surface area contributed by atoms with Gasteiger partial charge in [-0.2, -0.15) is 0 Å². The molecule has 21 heavy (non-hydrogen) atoms. The van der Waals surface area contributed by atoms with Crippen molar-refractivity contribution in [3.63, 3.8) is 0 Å². The lowest BCUT2D eigenvalue weighted by molar-refractivity contribution is 0.0832. The van der Waals surface area contributed by atoms with Crippen LogP contribution in [-0.2, 0) is 0 Å². The van der Waals surface area contributed by atoms with Crippen LogP contribution < -0.4 is 21.1 Å². The fourth-order valence-electron chi connectivity index (χ4n) is 2.31. The lowest BCUT2D eigenvalue weighted by Gasteiger charge is -2.19. The van der Waals surface area contributed by atoms with Crippen LogP contribution in [0, 0.1) is 0 Å². The van der Waals surface area contributed by atoms with Gasteiger partial charge in [-0.15, -0.1) is 11.3 Å². The van der Waals surface area contributed by atoms with Gasteiger partial charge < -0.3 is 26.0 Å². The summed E-state index contributed by atoms with van der Waals surface area (Å²) >= 11 is 1.39. The van der Waals surface area contributed by atoms with E-state index in [9.17, 15) is 4.79 Å². The van der Waals surface area contributed by atoms with Crippen LogP contribution >= 0.6 is 11.3 Å². The molecule has 4 N–H and O–H groups in total. The molecule has 0 saturated carbocycles. The Hall–Kier alpha value is -1.47. The maximum absolute atomic E-state index is 12.3. The average Bonchev–Trinajstić information content (AvgIpc) is 2.94. The summed E-state index contributed by atoms with van der Waals surface area (Å²) in [5.74, 6) is 0.523. The van der Waals surface area contributed by atoms with Crippen LogP contribution in [0.1, 0.15) is 29.9 Å². The van der Waals surface area contributed by atoms with Crippen molar-refractivity contribution in [2.75, 3.05) is 37.8 Å². The van der Waals surface area contributed by atoms with E-state index in [-0.39, 0.29) is 18.1 Å². The zero-order valence-corrected chi connectivity index (χ0v) is 13.9. The quantitative estimate of drug-likeness (QED) is 0.877. The number of hydrogen-bond acceptors (Lipinski definition) is 6. The van der Waals surface area contributed by atoms with E-state index >= 15 is 0 Å². The van der Waals surface area contributed by atoms with Crippen LogP contribution in [-0.4, -0.2) is 50.1 Å². The van der Waals surface area contributed by atoms with Crippen LogP contribution in [0.25, 0.3) is 0 Å². The number of hydrogen-bond donors (Lipinski definition) is 2. The van der Waals surface area contributed by atoms with E-state index in [2.05, 4.69) is 4.90 Å². The molecular formula is C14H24N4O2S. The number of ether oxygens (including phenoxy) is 1. The zero-order valence-electron chi connectivity index (χ0n) is 13.0. The number of carbonyl (C=O) groups is 1. The molecule has 2 rings (SSSR count). The molecule has 7 heteroatoms. The largest absolute Gasteiger partial charge is 0.486 e. The lowest BCUT2D eigenvalue weighted by Crippen LogP contribution is -2.26. The Morgan fingerprint density at radius 1 is 1.48 bits per heavy atom. The van der Waals surface area contributed by atoms with Gasteiger partial charge >= 0.3 is 0 Å². The Bertz CT molecular complexity index is 527. The first-order valence-corrected chi connectivity index (χ1v) is 7.94. The van der Waals surface area contributed by atoms with Gasteiger partial charge in [-0.05, 0) is 20.3 Å². The third kappa shape index (κ3) is 3.24. The van der Waals surface area contributed by atoms with E-state index in [1.165, 1.54) is 16.2 Å². The van der Waals surface area contributed by atoms with Crippen molar-refractivity contribution in [3.05, 3.63) is 4.88 Å². The molecule has 118 valence electrons. The van der Waals surface area contributed by atoms with Crippen LogP contribution in [0.5, 0.6) is 5.75 Å². The highest BCUT2D eigenvalue weighted by Gasteiger charge is 2.30. The predicted molar refractivity (Wildman–Crippen MR) is 87.3 cm³/mol. The maximum atomic E-state index is 12.3. The van der Waals surface area contributed by atoms with Gasteiger partial charge in [0, 0.05) is 33.2 Å². The minimum atomic E-state index is -0.0964. The van der Waals surface area contributed by atoms with Gasteiger partial charge in [-0.25, -0.2) is 0 Å². The molecule has 1 unspecified atom stereocenters. The molecule has 1 aromatic heterocycles. The normalized spacial score (nSPS) is 18.4. The van der Waals surface area contributed by atoms with E-state index in [0.29, 0.717) is 16.3 Å². The molecule has 0 bridgehead atoms. The van der Waals surface area contributed by atoms with Crippen LogP contribution in [0.15, 0.2) is 0 Å². The topological polar surface area (TPSA) is 84.8 Å². The van der Waals surface area contributed by atoms with Gasteiger partial charge in [-0.3, -0.25) is 4.79 Å². The molecular weight excluding hydrogens is 288 g/mol. The van der Waals surface area contributed by atoms with Crippen molar-refractivity contribution < 1.29 is 9.53 Å². The van der Waals surface area contributed by atoms with E-state index < -0.39 is 0 Å². The van der Waals surface area contributed by atoms with E-state index in [0.717, 1.165) is 24.5 Å². The summed E-state index contributed by atoms with van der Waals surface area (Å²) in [6.45, 7) is 5.53. The van der Waals surface area contributed by atoms with Crippen molar-refractivity contribution in [1.82, 2.24) is 4.90 Å². The number of anilines is 2. The monoisotopic (exact) mass is 312 g/mol. The molecule has 2 heterocycles. The third-order valence-electron chi connectivity index (χ3n) is 3.35. The highest BCUT2D eigenvalue weighted by molar-refractivity contribution is 7.19. The first-order chi connectivity index (χ1) is 9.81. The molecule has 1 aliphatic heterocycles. The lowest BCUT2D eigenvalue weighted by atomic mass is 10.3. The molecule has 0 aromatic carbocycles. The second-order valence-corrected chi connectivity index (χ2v) is 6.84. The molecule has 1 saturated heterocycles. The summed E-state index contributed by atoms with van der Waals surface area (Å²) < 4.78 is 5.87. The Morgan fingerprint density at radius 2 is 2.14 bits per heavy atom. The Kier molecular flexibility index (Phi) is 4.63. The van der Waals surface area contributed by atoms with Crippen molar-refractivity contribution in [2.45, 2.75) is 32.4 Å². The van der Waals surface area contributed by atoms with Crippen LogP contribution in [0.3, 0.4) is 0 Å². The summed E-state index contributed by atoms with van der Waals surface area (Å²) in [4.78, 5) is 16.5. The molecule has 0 aliphatic carbocycles. The number of nitrogens with zero attached hydrogens (tertiary/aromatic N) is 2. The van der Waals surface area contributed by atoms with Gasteiger partial charge in [0.25, 0.3) is 5.91 Å². The van der Waals surface area contributed by atoms with Gasteiger partial charge in [0.05, 0.1) is 6.10 Å². The average molecular weight is 312 g/mol. The first-order valence-electron chi connectivity index (χ1n) is 7.12. The standard InChI is InChI=1S/C14H24N4O2S/c1-8(2)20-11-10(16)12(13(19)17(3)4)21-14(11)18-6-5-9(15)7-18/h8-9H,5-7,15-16H2,1-4H3. The molecule has 6 nitrogen and oxygen atoms in total. The fraction of sp³-hybridized carbons (Fsp3) is 0.643. The fourth-order valence-corrected chi connectivity index (χ4v) is 3.52. The molecule has 1 fully saturated rings. The maximum Gasteiger partial charge on any atom is 0.265 e. The highest BCUT2D eigenvalue weighted by Crippen LogP contribution is 2.46. The van der Waals surface area contributed by atoms with Crippen molar-refractivity contribution in [1.29, 1.82) is 0 Å². The molecule has 1 aromatic rings. The Balaban J connectivity index is 2.42. The highest BCUT2D eigenvalue weighted by atomic mass is 32.1. The number of thiophene rings is 1. The van der Waals surface area contributed by atoms with Crippen molar-refractivity contribution >= 4 is 27.9 Å². The Labute approximate surface area is 129 Å². The summed E-state index contributed by atoms with van der Waals surface area (Å²) in [7, 11) is 3.44. The van der Waals surface area contributed by atoms with Crippen LogP contribution in [0.4, 0.5) is 10.7 Å². The van der Waals surface area contributed by atoms with E-state index in [4.69, 9.17) is 16.2 Å². The summed E-state index contributed by atoms with van der Waals surface area (Å²) in [5, 5.41) is 0.916.